The molecule has 0 aromatic heterocycles. The minimum Gasteiger partial charge on any atom is -0.508 e. The smallest absolute Gasteiger partial charge is 0.124 e. The lowest BCUT2D eigenvalue weighted by molar-refractivity contribution is 0.446. The van der Waals surface area contributed by atoms with E-state index < -0.39 is 0 Å². The van der Waals surface area contributed by atoms with Gasteiger partial charge in [0.05, 0.1) is 0 Å². The number of hydrogen-bond acceptors (Lipinski definition) is 3. The van der Waals surface area contributed by atoms with Gasteiger partial charge in [-0.1, -0.05) is 30.3 Å². The number of phenolic OH excluding ortho intramolecular Hbond substituents is 2. The van der Waals surface area contributed by atoms with Crippen LogP contribution >= 0.6 is 0 Å². The van der Waals surface area contributed by atoms with E-state index in [1.54, 1.807) is 12.1 Å². The van der Waals surface area contributed by atoms with Gasteiger partial charge in [0, 0.05) is 23.9 Å². The van der Waals surface area contributed by atoms with Gasteiger partial charge >= 0.3 is 0 Å². The van der Waals surface area contributed by atoms with Crippen LogP contribution in [0, 0.1) is 0 Å². The van der Waals surface area contributed by atoms with Crippen molar-refractivity contribution in [1.82, 2.24) is 0 Å². The molecule has 3 nitrogen and oxygen atoms in total. The second-order valence-electron chi connectivity index (χ2n) is 4.73. The fourth-order valence-corrected chi connectivity index (χ4v) is 2.20. The zero-order valence-electron chi connectivity index (χ0n) is 10.9. The highest BCUT2D eigenvalue weighted by atomic mass is 16.3. The van der Waals surface area contributed by atoms with E-state index in [0.29, 0.717) is 6.54 Å². The molecule has 0 aliphatic heterocycles. The predicted molar refractivity (Wildman–Crippen MR) is 81.0 cm³/mol. The molecule has 0 fully saturated rings. The number of hydrogen-bond donors (Lipinski definition) is 3. The van der Waals surface area contributed by atoms with Crippen molar-refractivity contribution in [2.75, 3.05) is 5.32 Å². The van der Waals surface area contributed by atoms with Gasteiger partial charge in [-0.3, -0.25) is 0 Å². The topological polar surface area (TPSA) is 52.5 Å². The van der Waals surface area contributed by atoms with Crippen molar-refractivity contribution >= 4 is 16.5 Å². The Bertz CT molecular complexity index is 753. The molecular formula is C17H15NO2. The summed E-state index contributed by atoms with van der Waals surface area (Å²) in [6, 6.07) is 18.9. The summed E-state index contributed by atoms with van der Waals surface area (Å²) in [5.74, 6) is 0.162. The van der Waals surface area contributed by atoms with Crippen molar-refractivity contribution in [3.8, 4) is 11.5 Å². The van der Waals surface area contributed by atoms with Gasteiger partial charge in [-0.05, 0) is 35.0 Å². The lowest BCUT2D eigenvalue weighted by Gasteiger charge is -2.09. The number of fused-ring (bicyclic) bond motifs is 1. The van der Waals surface area contributed by atoms with E-state index in [4.69, 9.17) is 0 Å². The molecule has 0 saturated carbocycles. The molecule has 0 spiro atoms. The molecule has 3 aromatic rings. The fourth-order valence-electron chi connectivity index (χ4n) is 2.20. The van der Waals surface area contributed by atoms with Crippen molar-refractivity contribution in [3.05, 3.63) is 66.2 Å². The first kappa shape index (κ1) is 12.4. The van der Waals surface area contributed by atoms with E-state index in [1.165, 1.54) is 16.8 Å². The normalized spacial score (nSPS) is 10.6. The van der Waals surface area contributed by atoms with Gasteiger partial charge in [0.25, 0.3) is 0 Å². The highest BCUT2D eigenvalue weighted by Gasteiger charge is 2.02. The molecule has 3 N–H and O–H groups in total. The van der Waals surface area contributed by atoms with E-state index in [1.807, 2.05) is 18.2 Å². The molecule has 20 heavy (non-hydrogen) atoms. The Morgan fingerprint density at radius 3 is 2.40 bits per heavy atom. The molecule has 3 heteroatoms. The molecule has 0 aliphatic rings. The summed E-state index contributed by atoms with van der Waals surface area (Å²) in [6.45, 7) is 0.504. The summed E-state index contributed by atoms with van der Waals surface area (Å²) >= 11 is 0. The van der Waals surface area contributed by atoms with E-state index in [9.17, 15) is 10.2 Å². The van der Waals surface area contributed by atoms with Crippen LogP contribution in [0.5, 0.6) is 11.5 Å². The molecule has 3 aromatic carbocycles. The van der Waals surface area contributed by atoms with Crippen molar-refractivity contribution in [2.45, 2.75) is 6.54 Å². The molecule has 0 unspecified atom stereocenters. The highest BCUT2D eigenvalue weighted by Crippen LogP contribution is 2.24. The maximum absolute atomic E-state index is 9.74. The number of nitrogens with one attached hydrogen (secondary N) is 1. The lowest BCUT2D eigenvalue weighted by atomic mass is 10.1. The summed E-state index contributed by atoms with van der Waals surface area (Å²) in [5.41, 5.74) is 1.74. The predicted octanol–water partition coefficient (Wildman–Crippen LogP) is 3.86. The molecule has 100 valence electrons. The quantitative estimate of drug-likeness (QED) is 0.674. The molecule has 3 rings (SSSR count). The molecule has 0 saturated heterocycles. The molecule has 0 heterocycles. The summed E-state index contributed by atoms with van der Waals surface area (Å²) in [6.07, 6.45) is 0. The van der Waals surface area contributed by atoms with E-state index >= 15 is 0 Å². The Balaban J connectivity index is 1.79. The first-order valence-corrected chi connectivity index (χ1v) is 6.46. The average Bonchev–Trinajstić information content (AvgIpc) is 2.46. The van der Waals surface area contributed by atoms with Crippen LogP contribution in [0.15, 0.2) is 60.7 Å². The zero-order valence-corrected chi connectivity index (χ0v) is 10.9. The second kappa shape index (κ2) is 5.13. The Labute approximate surface area is 117 Å². The number of phenols is 2. The molecule has 0 amide bonds. The van der Waals surface area contributed by atoms with Crippen molar-refractivity contribution in [3.63, 3.8) is 0 Å². The number of aromatic hydroxyl groups is 2. The fraction of sp³-hybridized carbons (Fsp3) is 0.0588. The largest absolute Gasteiger partial charge is 0.508 e. The van der Waals surface area contributed by atoms with Gasteiger partial charge in [-0.25, -0.2) is 0 Å². The maximum Gasteiger partial charge on any atom is 0.124 e. The average molecular weight is 265 g/mol. The van der Waals surface area contributed by atoms with Gasteiger partial charge in [0.2, 0.25) is 0 Å². The number of benzene rings is 3. The van der Waals surface area contributed by atoms with Gasteiger partial charge in [0.1, 0.15) is 11.5 Å². The van der Waals surface area contributed by atoms with Gasteiger partial charge in [-0.2, -0.15) is 0 Å². The maximum atomic E-state index is 9.74. The zero-order chi connectivity index (χ0) is 13.9. The minimum absolute atomic E-state index is 0.0666. The highest BCUT2D eigenvalue weighted by molar-refractivity contribution is 5.85. The SMILES string of the molecule is Oc1ccc(CNc2ccc3ccccc3c2)c(O)c1. The first-order chi connectivity index (χ1) is 9.72. The van der Waals surface area contributed by atoms with Gasteiger partial charge < -0.3 is 15.5 Å². The summed E-state index contributed by atoms with van der Waals surface area (Å²) in [4.78, 5) is 0. The standard InChI is InChI=1S/C17H15NO2/c19-16-8-6-14(17(20)10-16)11-18-15-7-5-12-3-1-2-4-13(12)9-15/h1-10,18-20H,11H2. The van der Waals surface area contributed by atoms with Crippen LogP contribution in [0.25, 0.3) is 10.8 Å². The Kier molecular flexibility index (Phi) is 3.17. The summed E-state index contributed by atoms with van der Waals surface area (Å²) in [5, 5.41) is 24.6. The van der Waals surface area contributed by atoms with Crippen molar-refractivity contribution < 1.29 is 10.2 Å². The molecule has 0 aliphatic carbocycles. The first-order valence-electron chi connectivity index (χ1n) is 6.46. The van der Waals surface area contributed by atoms with E-state index in [0.717, 1.165) is 11.3 Å². The third-order valence-corrected chi connectivity index (χ3v) is 3.30. The van der Waals surface area contributed by atoms with Crippen LogP contribution in [0.1, 0.15) is 5.56 Å². The van der Waals surface area contributed by atoms with Crippen molar-refractivity contribution in [2.24, 2.45) is 0 Å². The van der Waals surface area contributed by atoms with E-state index in [-0.39, 0.29) is 11.5 Å². The van der Waals surface area contributed by atoms with Crippen LogP contribution in [0.3, 0.4) is 0 Å². The van der Waals surface area contributed by atoms with Gasteiger partial charge in [-0.15, -0.1) is 0 Å². The van der Waals surface area contributed by atoms with Crippen molar-refractivity contribution in [1.29, 1.82) is 0 Å². The van der Waals surface area contributed by atoms with Crippen LogP contribution in [-0.2, 0) is 6.54 Å². The second-order valence-corrected chi connectivity index (χ2v) is 4.73. The molecule has 0 atom stereocenters. The molecular weight excluding hydrogens is 250 g/mol. The van der Waals surface area contributed by atoms with Crippen LogP contribution in [0.2, 0.25) is 0 Å². The Hall–Kier alpha value is -2.68. The summed E-state index contributed by atoms with van der Waals surface area (Å²) < 4.78 is 0. The monoisotopic (exact) mass is 265 g/mol. The minimum atomic E-state index is 0.0666. The van der Waals surface area contributed by atoms with Crippen LogP contribution < -0.4 is 5.32 Å². The number of anilines is 1. The molecule has 0 radical (unpaired) electrons. The number of rotatable bonds is 3. The van der Waals surface area contributed by atoms with Crippen LogP contribution in [-0.4, -0.2) is 10.2 Å². The third-order valence-electron chi connectivity index (χ3n) is 3.30. The Morgan fingerprint density at radius 2 is 1.60 bits per heavy atom. The van der Waals surface area contributed by atoms with Gasteiger partial charge in [0.15, 0.2) is 0 Å². The lowest BCUT2D eigenvalue weighted by Crippen LogP contribution is -1.99. The Morgan fingerprint density at radius 1 is 0.800 bits per heavy atom. The third kappa shape index (κ3) is 2.52. The van der Waals surface area contributed by atoms with Crippen LogP contribution in [0.4, 0.5) is 5.69 Å². The summed E-state index contributed by atoms with van der Waals surface area (Å²) in [7, 11) is 0. The van der Waals surface area contributed by atoms with E-state index in [2.05, 4.69) is 29.6 Å². The molecule has 0 bridgehead atoms.